The molecule has 6 heteroatoms. The minimum absolute atomic E-state index is 0.0306. The maximum Gasteiger partial charge on any atom is 0.106 e. The Hall–Kier alpha value is -0.880. The maximum absolute atomic E-state index is 8.61. The summed E-state index contributed by atoms with van der Waals surface area (Å²) in [5, 5.41) is 9.21. The molecule has 0 fully saturated rings. The number of aliphatic hydroxyl groups is 1. The van der Waals surface area contributed by atoms with Gasteiger partial charge in [-0.25, -0.2) is 0 Å². The average molecular weight is 289 g/mol. The minimum atomic E-state index is 0.0306. The Labute approximate surface area is 117 Å². The monoisotopic (exact) mass is 288 g/mol. The number of nitrogens with zero attached hydrogens (tertiary/aromatic N) is 1. The maximum atomic E-state index is 8.61. The van der Waals surface area contributed by atoms with E-state index in [9.17, 15) is 0 Å². The van der Waals surface area contributed by atoms with Crippen LogP contribution in [0.25, 0.3) is 0 Å². The van der Waals surface area contributed by atoms with Crippen molar-refractivity contribution in [3.8, 4) is 0 Å². The zero-order valence-corrected chi connectivity index (χ0v) is 11.8. The lowest BCUT2D eigenvalue weighted by atomic mass is 10.1. The molecule has 0 heterocycles. The summed E-state index contributed by atoms with van der Waals surface area (Å²) in [6.45, 7) is 1.58. The summed E-state index contributed by atoms with van der Waals surface area (Å²) in [4.78, 5) is 2.30. The molecule has 0 atom stereocenters. The van der Waals surface area contributed by atoms with E-state index in [1.807, 2.05) is 18.0 Å². The Bertz CT molecular complexity index is 415. The van der Waals surface area contributed by atoms with Crippen molar-refractivity contribution in [1.82, 2.24) is 0 Å². The summed E-state index contributed by atoms with van der Waals surface area (Å²) in [6.07, 6.45) is 0. The van der Waals surface area contributed by atoms with Gasteiger partial charge in [-0.2, -0.15) is 0 Å². The summed E-state index contributed by atoms with van der Waals surface area (Å²) in [6, 6.07) is 5.43. The van der Waals surface area contributed by atoms with Crippen LogP contribution in [0.1, 0.15) is 5.56 Å². The Morgan fingerprint density at radius 2 is 2.22 bits per heavy atom. The van der Waals surface area contributed by atoms with Crippen LogP contribution in [-0.2, 0) is 4.74 Å². The van der Waals surface area contributed by atoms with Crippen LogP contribution < -0.4 is 10.6 Å². The number of rotatable bonds is 7. The van der Waals surface area contributed by atoms with E-state index in [0.717, 1.165) is 11.3 Å². The standard InChI is InChI=1S/C12H17ClN2O2S/c1-15(4-6-17-7-5-16)11-3-2-9(13)8-10(11)12(14)18/h2-3,8,16H,4-7H2,1H3,(H2,14,18). The second kappa shape index (κ2) is 7.53. The molecule has 0 aliphatic carbocycles. The Morgan fingerprint density at radius 1 is 1.50 bits per heavy atom. The lowest BCUT2D eigenvalue weighted by Gasteiger charge is -2.22. The first-order chi connectivity index (χ1) is 8.56. The molecule has 0 amide bonds. The predicted octanol–water partition coefficient (Wildman–Crippen LogP) is 1.42. The van der Waals surface area contributed by atoms with E-state index in [-0.39, 0.29) is 6.61 Å². The SMILES string of the molecule is CN(CCOCCO)c1ccc(Cl)cc1C(N)=S. The van der Waals surface area contributed by atoms with Crippen molar-refractivity contribution in [2.75, 3.05) is 38.3 Å². The molecule has 0 aliphatic rings. The van der Waals surface area contributed by atoms with Gasteiger partial charge in [-0.3, -0.25) is 0 Å². The summed E-state index contributed by atoms with van der Waals surface area (Å²) in [7, 11) is 1.92. The summed E-state index contributed by atoms with van der Waals surface area (Å²) >= 11 is 10.9. The first kappa shape index (κ1) is 15.2. The number of nitrogens with two attached hydrogens (primary N) is 1. The van der Waals surface area contributed by atoms with Gasteiger partial charge in [0, 0.05) is 29.9 Å². The molecule has 0 unspecified atom stereocenters. The van der Waals surface area contributed by atoms with Gasteiger partial charge >= 0.3 is 0 Å². The van der Waals surface area contributed by atoms with Gasteiger partial charge in [0.25, 0.3) is 0 Å². The predicted molar refractivity (Wildman–Crippen MR) is 78.5 cm³/mol. The molecule has 1 rings (SSSR count). The van der Waals surface area contributed by atoms with E-state index < -0.39 is 0 Å². The Morgan fingerprint density at radius 3 is 2.83 bits per heavy atom. The van der Waals surface area contributed by atoms with Gasteiger partial charge in [0.15, 0.2) is 0 Å². The van der Waals surface area contributed by atoms with Gasteiger partial charge in [0.2, 0.25) is 0 Å². The summed E-state index contributed by atoms with van der Waals surface area (Å²) in [5.41, 5.74) is 7.35. The molecule has 18 heavy (non-hydrogen) atoms. The fourth-order valence-corrected chi connectivity index (χ4v) is 1.86. The number of hydrogen-bond donors (Lipinski definition) is 2. The number of aliphatic hydroxyl groups excluding tert-OH is 1. The van der Waals surface area contributed by atoms with Gasteiger partial charge in [0.1, 0.15) is 4.99 Å². The second-order valence-corrected chi connectivity index (χ2v) is 4.66. The number of likely N-dealkylation sites (N-methyl/N-ethyl adjacent to an activating group) is 1. The number of benzene rings is 1. The molecule has 0 spiro atoms. The van der Waals surface area contributed by atoms with Crippen molar-refractivity contribution in [2.45, 2.75) is 0 Å². The molecule has 0 aliphatic heterocycles. The fraction of sp³-hybridized carbons (Fsp3) is 0.417. The first-order valence-corrected chi connectivity index (χ1v) is 6.34. The molecule has 3 N–H and O–H groups in total. The van der Waals surface area contributed by atoms with Crippen molar-refractivity contribution in [3.63, 3.8) is 0 Å². The lowest BCUT2D eigenvalue weighted by molar-refractivity contribution is 0.0971. The van der Waals surface area contributed by atoms with Crippen molar-refractivity contribution in [2.24, 2.45) is 5.73 Å². The highest BCUT2D eigenvalue weighted by Gasteiger charge is 2.10. The highest BCUT2D eigenvalue weighted by Crippen LogP contribution is 2.23. The third-order valence-corrected chi connectivity index (χ3v) is 2.90. The molecular formula is C12H17ClN2O2S. The van der Waals surface area contributed by atoms with Crippen LogP contribution in [0, 0.1) is 0 Å². The number of hydrogen-bond acceptors (Lipinski definition) is 4. The quantitative estimate of drug-likeness (QED) is 0.587. The molecule has 0 radical (unpaired) electrons. The molecule has 0 bridgehead atoms. The van der Waals surface area contributed by atoms with Crippen molar-refractivity contribution in [1.29, 1.82) is 0 Å². The first-order valence-electron chi connectivity index (χ1n) is 5.55. The minimum Gasteiger partial charge on any atom is -0.394 e. The highest BCUT2D eigenvalue weighted by molar-refractivity contribution is 7.80. The second-order valence-electron chi connectivity index (χ2n) is 3.78. The van der Waals surface area contributed by atoms with Gasteiger partial charge in [0.05, 0.1) is 19.8 Å². The molecule has 1 aromatic rings. The van der Waals surface area contributed by atoms with Crippen molar-refractivity contribution in [3.05, 3.63) is 28.8 Å². The third kappa shape index (κ3) is 4.42. The molecule has 0 saturated heterocycles. The largest absolute Gasteiger partial charge is 0.394 e. The van der Waals surface area contributed by atoms with E-state index in [1.54, 1.807) is 12.1 Å². The van der Waals surface area contributed by atoms with E-state index in [2.05, 4.69) is 0 Å². The summed E-state index contributed by atoms with van der Waals surface area (Å²) < 4.78 is 5.22. The highest BCUT2D eigenvalue weighted by atomic mass is 35.5. The molecule has 0 saturated carbocycles. The van der Waals surface area contributed by atoms with Crippen LogP contribution in [0.5, 0.6) is 0 Å². The fourth-order valence-electron chi connectivity index (χ4n) is 1.53. The van der Waals surface area contributed by atoms with Crippen molar-refractivity contribution < 1.29 is 9.84 Å². The lowest BCUT2D eigenvalue weighted by Crippen LogP contribution is -2.26. The zero-order valence-electron chi connectivity index (χ0n) is 10.2. The van der Waals surface area contributed by atoms with Crippen LogP contribution in [0.2, 0.25) is 5.02 Å². The number of thiocarbonyl (C=S) groups is 1. The zero-order chi connectivity index (χ0) is 13.5. The van der Waals surface area contributed by atoms with Crippen LogP contribution >= 0.6 is 23.8 Å². The Balaban J connectivity index is 2.72. The van der Waals surface area contributed by atoms with E-state index in [0.29, 0.717) is 29.8 Å². The number of anilines is 1. The number of ether oxygens (including phenoxy) is 1. The molecule has 4 nitrogen and oxygen atoms in total. The summed E-state index contributed by atoms with van der Waals surface area (Å²) in [5.74, 6) is 0. The van der Waals surface area contributed by atoms with Gasteiger partial charge < -0.3 is 20.5 Å². The smallest absolute Gasteiger partial charge is 0.106 e. The topological polar surface area (TPSA) is 58.7 Å². The van der Waals surface area contributed by atoms with E-state index >= 15 is 0 Å². The van der Waals surface area contributed by atoms with Crippen LogP contribution in [0.15, 0.2) is 18.2 Å². The van der Waals surface area contributed by atoms with Gasteiger partial charge in [-0.05, 0) is 18.2 Å². The van der Waals surface area contributed by atoms with Crippen LogP contribution in [0.4, 0.5) is 5.69 Å². The molecular weight excluding hydrogens is 272 g/mol. The molecule has 1 aromatic carbocycles. The van der Waals surface area contributed by atoms with Crippen molar-refractivity contribution >= 4 is 34.5 Å². The van der Waals surface area contributed by atoms with E-state index in [4.69, 9.17) is 39.4 Å². The van der Waals surface area contributed by atoms with Gasteiger partial charge in [-0.1, -0.05) is 23.8 Å². The van der Waals surface area contributed by atoms with E-state index in [1.165, 1.54) is 0 Å². The normalized spacial score (nSPS) is 10.4. The third-order valence-electron chi connectivity index (χ3n) is 2.44. The van der Waals surface area contributed by atoms with Crippen LogP contribution in [0.3, 0.4) is 0 Å². The van der Waals surface area contributed by atoms with Gasteiger partial charge in [-0.15, -0.1) is 0 Å². The van der Waals surface area contributed by atoms with Crippen LogP contribution in [-0.4, -0.2) is 43.5 Å². The molecule has 0 aromatic heterocycles. The molecule has 100 valence electrons. The Kier molecular flexibility index (Phi) is 6.35. The average Bonchev–Trinajstić information content (AvgIpc) is 2.34. The number of halogens is 1.